The standard InChI is InChI=1S/C18H16Cl2N4O2/c1-24-14(9-16(23-24)12-4-6-21-7-5-12)10-22-18(25)11-26-17-3-2-13(19)8-15(17)20/h2-9H,10-11H2,1H3,(H,22,25). The van der Waals surface area contributed by atoms with Crippen LogP contribution < -0.4 is 10.1 Å². The van der Waals surface area contributed by atoms with Crippen LogP contribution in [0, 0.1) is 0 Å². The molecule has 1 amide bonds. The Morgan fingerprint density at radius 2 is 1.96 bits per heavy atom. The van der Waals surface area contributed by atoms with E-state index in [0.29, 0.717) is 22.3 Å². The molecule has 0 unspecified atom stereocenters. The third-order valence-electron chi connectivity index (χ3n) is 3.67. The van der Waals surface area contributed by atoms with Gasteiger partial charge < -0.3 is 10.1 Å². The summed E-state index contributed by atoms with van der Waals surface area (Å²) < 4.78 is 7.14. The lowest BCUT2D eigenvalue weighted by Crippen LogP contribution is -2.29. The fourth-order valence-electron chi connectivity index (χ4n) is 2.31. The molecule has 26 heavy (non-hydrogen) atoms. The van der Waals surface area contributed by atoms with E-state index >= 15 is 0 Å². The summed E-state index contributed by atoms with van der Waals surface area (Å²) in [5.41, 5.74) is 2.66. The van der Waals surface area contributed by atoms with Crippen LogP contribution in [0.25, 0.3) is 11.3 Å². The van der Waals surface area contributed by atoms with Gasteiger partial charge in [-0.1, -0.05) is 23.2 Å². The first-order valence-electron chi connectivity index (χ1n) is 7.81. The molecule has 0 saturated heterocycles. The first-order valence-corrected chi connectivity index (χ1v) is 8.56. The van der Waals surface area contributed by atoms with Crippen molar-refractivity contribution in [3.8, 4) is 17.0 Å². The maximum Gasteiger partial charge on any atom is 0.258 e. The molecular formula is C18H16Cl2N4O2. The van der Waals surface area contributed by atoms with Gasteiger partial charge in [-0.3, -0.25) is 14.5 Å². The van der Waals surface area contributed by atoms with Crippen LogP contribution in [-0.2, 0) is 18.4 Å². The van der Waals surface area contributed by atoms with Gasteiger partial charge in [0.05, 0.1) is 23.0 Å². The van der Waals surface area contributed by atoms with Crippen molar-refractivity contribution in [3.63, 3.8) is 0 Å². The Labute approximate surface area is 160 Å². The van der Waals surface area contributed by atoms with Gasteiger partial charge in [0.1, 0.15) is 5.75 Å². The normalized spacial score (nSPS) is 10.6. The molecule has 0 fully saturated rings. The third kappa shape index (κ3) is 4.53. The van der Waals surface area contributed by atoms with Crippen LogP contribution in [0.15, 0.2) is 48.8 Å². The SMILES string of the molecule is Cn1nc(-c2ccncc2)cc1CNC(=O)COc1ccc(Cl)cc1Cl. The van der Waals surface area contributed by atoms with Crippen molar-refractivity contribution in [2.45, 2.75) is 6.54 Å². The average Bonchev–Trinajstić information content (AvgIpc) is 3.01. The van der Waals surface area contributed by atoms with E-state index in [1.54, 1.807) is 35.3 Å². The van der Waals surface area contributed by atoms with Gasteiger partial charge in [0.15, 0.2) is 6.61 Å². The van der Waals surface area contributed by atoms with E-state index < -0.39 is 0 Å². The second-order valence-electron chi connectivity index (χ2n) is 5.52. The number of aromatic nitrogens is 3. The number of benzene rings is 1. The van der Waals surface area contributed by atoms with Crippen LogP contribution in [0.3, 0.4) is 0 Å². The first-order chi connectivity index (χ1) is 12.5. The van der Waals surface area contributed by atoms with Crippen molar-refractivity contribution in [1.82, 2.24) is 20.1 Å². The van der Waals surface area contributed by atoms with Gasteiger partial charge in [-0.25, -0.2) is 0 Å². The molecule has 1 aromatic carbocycles. The van der Waals surface area contributed by atoms with Crippen LogP contribution in [0.2, 0.25) is 10.0 Å². The maximum atomic E-state index is 12.0. The Hall–Kier alpha value is -2.57. The van der Waals surface area contributed by atoms with E-state index in [4.69, 9.17) is 27.9 Å². The number of ether oxygens (including phenoxy) is 1. The predicted octanol–water partition coefficient (Wildman–Crippen LogP) is 3.48. The van der Waals surface area contributed by atoms with Crippen molar-refractivity contribution < 1.29 is 9.53 Å². The third-order valence-corrected chi connectivity index (χ3v) is 4.20. The fraction of sp³-hybridized carbons (Fsp3) is 0.167. The lowest BCUT2D eigenvalue weighted by atomic mass is 10.2. The number of amides is 1. The lowest BCUT2D eigenvalue weighted by Gasteiger charge is -2.09. The number of rotatable bonds is 6. The topological polar surface area (TPSA) is 69.0 Å². The van der Waals surface area contributed by atoms with Crippen LogP contribution >= 0.6 is 23.2 Å². The first kappa shape index (κ1) is 18.2. The van der Waals surface area contributed by atoms with Gasteiger partial charge in [0.2, 0.25) is 0 Å². The molecule has 0 spiro atoms. The molecular weight excluding hydrogens is 375 g/mol. The van der Waals surface area contributed by atoms with Crippen molar-refractivity contribution in [2.24, 2.45) is 7.05 Å². The summed E-state index contributed by atoms with van der Waals surface area (Å²) in [6.07, 6.45) is 3.43. The summed E-state index contributed by atoms with van der Waals surface area (Å²) in [4.78, 5) is 16.0. The zero-order valence-electron chi connectivity index (χ0n) is 13.9. The Kier molecular flexibility index (Phi) is 5.75. The molecule has 3 rings (SSSR count). The molecule has 8 heteroatoms. The van der Waals surface area contributed by atoms with E-state index in [9.17, 15) is 4.79 Å². The van der Waals surface area contributed by atoms with Gasteiger partial charge in [0.25, 0.3) is 5.91 Å². The zero-order chi connectivity index (χ0) is 18.5. The molecule has 2 aromatic heterocycles. The monoisotopic (exact) mass is 390 g/mol. The molecule has 3 aromatic rings. The molecule has 1 N–H and O–H groups in total. The van der Waals surface area contributed by atoms with E-state index in [1.165, 1.54) is 0 Å². The van der Waals surface area contributed by atoms with Crippen LogP contribution in [0.5, 0.6) is 5.75 Å². The number of aryl methyl sites for hydroxylation is 1. The largest absolute Gasteiger partial charge is 0.482 e. The molecule has 0 aliphatic heterocycles. The van der Waals surface area contributed by atoms with Crippen LogP contribution in [-0.4, -0.2) is 27.3 Å². The van der Waals surface area contributed by atoms with Crippen molar-refractivity contribution in [1.29, 1.82) is 0 Å². The summed E-state index contributed by atoms with van der Waals surface area (Å²) in [6, 6.07) is 10.5. The quantitative estimate of drug-likeness (QED) is 0.699. The minimum absolute atomic E-state index is 0.142. The molecule has 0 aliphatic carbocycles. The zero-order valence-corrected chi connectivity index (χ0v) is 15.5. The Balaban J connectivity index is 1.55. The molecule has 0 atom stereocenters. The molecule has 0 bridgehead atoms. The summed E-state index contributed by atoms with van der Waals surface area (Å²) >= 11 is 11.8. The fourth-order valence-corrected chi connectivity index (χ4v) is 2.77. The van der Waals surface area contributed by atoms with E-state index in [0.717, 1.165) is 17.0 Å². The number of halogens is 2. The van der Waals surface area contributed by atoms with E-state index in [2.05, 4.69) is 15.4 Å². The molecule has 0 aliphatic rings. The van der Waals surface area contributed by atoms with E-state index in [-0.39, 0.29) is 12.5 Å². The highest BCUT2D eigenvalue weighted by Gasteiger charge is 2.10. The number of hydrogen-bond acceptors (Lipinski definition) is 4. The van der Waals surface area contributed by atoms with Crippen molar-refractivity contribution in [2.75, 3.05) is 6.61 Å². The lowest BCUT2D eigenvalue weighted by molar-refractivity contribution is -0.123. The molecule has 2 heterocycles. The number of nitrogens with one attached hydrogen (secondary N) is 1. The van der Waals surface area contributed by atoms with Gasteiger partial charge in [0, 0.05) is 30.0 Å². The number of carbonyl (C=O) groups excluding carboxylic acids is 1. The van der Waals surface area contributed by atoms with Gasteiger partial charge in [-0.05, 0) is 36.4 Å². The maximum absolute atomic E-state index is 12.0. The second kappa shape index (κ2) is 8.21. The number of hydrogen-bond donors (Lipinski definition) is 1. The Bertz CT molecular complexity index is 913. The summed E-state index contributed by atoms with van der Waals surface area (Å²) in [5, 5.41) is 8.12. The highest BCUT2D eigenvalue weighted by Crippen LogP contribution is 2.27. The van der Waals surface area contributed by atoms with Crippen molar-refractivity contribution >= 4 is 29.1 Å². The minimum atomic E-state index is -0.261. The number of pyridine rings is 1. The Morgan fingerprint density at radius 1 is 1.19 bits per heavy atom. The molecule has 0 radical (unpaired) electrons. The molecule has 6 nitrogen and oxygen atoms in total. The number of nitrogens with zero attached hydrogens (tertiary/aromatic N) is 3. The predicted molar refractivity (Wildman–Crippen MR) is 100 cm³/mol. The number of carbonyl (C=O) groups is 1. The van der Waals surface area contributed by atoms with Crippen molar-refractivity contribution in [3.05, 3.63) is 64.5 Å². The van der Waals surface area contributed by atoms with E-state index in [1.807, 2.05) is 25.2 Å². The summed E-state index contributed by atoms with van der Waals surface area (Å²) in [5.74, 6) is 0.148. The smallest absolute Gasteiger partial charge is 0.258 e. The van der Waals surface area contributed by atoms with Gasteiger partial charge in [-0.2, -0.15) is 5.10 Å². The van der Waals surface area contributed by atoms with Gasteiger partial charge in [-0.15, -0.1) is 0 Å². The van der Waals surface area contributed by atoms with Crippen LogP contribution in [0.1, 0.15) is 5.69 Å². The van der Waals surface area contributed by atoms with Gasteiger partial charge >= 0.3 is 0 Å². The molecule has 134 valence electrons. The summed E-state index contributed by atoms with van der Waals surface area (Å²) in [6.45, 7) is 0.196. The average molecular weight is 391 g/mol. The highest BCUT2D eigenvalue weighted by atomic mass is 35.5. The minimum Gasteiger partial charge on any atom is -0.482 e. The Morgan fingerprint density at radius 3 is 2.69 bits per heavy atom. The highest BCUT2D eigenvalue weighted by molar-refractivity contribution is 6.35. The second-order valence-corrected chi connectivity index (χ2v) is 6.36. The van der Waals surface area contributed by atoms with Crippen LogP contribution in [0.4, 0.5) is 0 Å². The molecule has 0 saturated carbocycles. The summed E-state index contributed by atoms with van der Waals surface area (Å²) in [7, 11) is 1.83.